The van der Waals surface area contributed by atoms with Crippen molar-refractivity contribution in [1.29, 1.82) is 0 Å². The molecule has 1 heterocycles. The molecule has 0 aliphatic heterocycles. The van der Waals surface area contributed by atoms with Crippen LogP contribution in [0.3, 0.4) is 0 Å². The van der Waals surface area contributed by atoms with Crippen LogP contribution in [-0.4, -0.2) is 49.0 Å². The first-order valence-corrected chi connectivity index (χ1v) is 11.0. The first-order chi connectivity index (χ1) is 15.1. The van der Waals surface area contributed by atoms with Gasteiger partial charge in [0.1, 0.15) is 0 Å². The van der Waals surface area contributed by atoms with Gasteiger partial charge in [0, 0.05) is 30.3 Å². The van der Waals surface area contributed by atoms with Crippen LogP contribution in [0.15, 0.2) is 60.7 Å². The summed E-state index contributed by atoms with van der Waals surface area (Å²) >= 11 is 0. The Morgan fingerprint density at radius 1 is 0.774 bits per heavy atom. The maximum atomic E-state index is 5.77. The monoisotopic (exact) mass is 419 g/mol. The van der Waals surface area contributed by atoms with Gasteiger partial charge in [0.25, 0.3) is 0 Å². The maximum absolute atomic E-state index is 5.77. The summed E-state index contributed by atoms with van der Waals surface area (Å²) in [5.41, 5.74) is 4.85. The average Bonchev–Trinajstić information content (AvgIpc) is 2.80. The van der Waals surface area contributed by atoms with E-state index in [2.05, 4.69) is 43.0 Å². The van der Waals surface area contributed by atoms with E-state index in [4.69, 9.17) is 19.4 Å². The van der Waals surface area contributed by atoms with E-state index in [9.17, 15) is 0 Å². The van der Waals surface area contributed by atoms with Crippen molar-refractivity contribution < 1.29 is 9.47 Å². The highest BCUT2D eigenvalue weighted by atomic mass is 16.5. The van der Waals surface area contributed by atoms with Gasteiger partial charge in [-0.15, -0.1) is 0 Å². The van der Waals surface area contributed by atoms with Crippen LogP contribution in [-0.2, 0) is 9.47 Å². The number of benzene rings is 2. The van der Waals surface area contributed by atoms with Crippen LogP contribution in [0.1, 0.15) is 26.5 Å². The van der Waals surface area contributed by atoms with Gasteiger partial charge in [-0.2, -0.15) is 0 Å². The fraction of sp³-hybridized carbons (Fsp3) is 0.385. The molecule has 5 nitrogen and oxygen atoms in total. The van der Waals surface area contributed by atoms with Crippen molar-refractivity contribution in [3.63, 3.8) is 0 Å². The minimum atomic E-state index is 0.273. The molecule has 0 N–H and O–H groups in total. The Morgan fingerprint density at radius 3 is 1.87 bits per heavy atom. The van der Waals surface area contributed by atoms with Gasteiger partial charge >= 0.3 is 0 Å². The highest BCUT2D eigenvalue weighted by Gasteiger charge is 2.20. The van der Waals surface area contributed by atoms with Crippen molar-refractivity contribution >= 4 is 5.82 Å². The van der Waals surface area contributed by atoms with Crippen molar-refractivity contribution in [1.82, 2.24) is 9.97 Å². The van der Waals surface area contributed by atoms with Gasteiger partial charge in [0.2, 0.25) is 0 Å². The molecular formula is C26H33N3O2. The van der Waals surface area contributed by atoms with Crippen molar-refractivity contribution in [3.05, 3.63) is 66.4 Å². The minimum Gasteiger partial charge on any atom is -0.379 e. The molecule has 0 aliphatic carbocycles. The summed E-state index contributed by atoms with van der Waals surface area (Å²) in [5, 5.41) is 0. The molecule has 3 rings (SSSR count). The number of hydrogen-bond acceptors (Lipinski definition) is 5. The molecule has 0 unspecified atom stereocenters. The first kappa shape index (κ1) is 22.9. The Labute approximate surface area is 186 Å². The second-order valence-corrected chi connectivity index (χ2v) is 7.66. The number of aryl methyl sites for hydroxylation is 1. The number of ether oxygens (including phenoxy) is 2. The molecule has 3 aromatic rings. The molecule has 0 spiro atoms. The van der Waals surface area contributed by atoms with Gasteiger partial charge in [0.15, 0.2) is 5.82 Å². The predicted octanol–water partition coefficient (Wildman–Crippen LogP) is 5.39. The zero-order valence-corrected chi connectivity index (χ0v) is 19.0. The van der Waals surface area contributed by atoms with Crippen LogP contribution in [0.4, 0.5) is 5.82 Å². The van der Waals surface area contributed by atoms with E-state index in [-0.39, 0.29) is 6.04 Å². The molecule has 0 atom stereocenters. The Balaban J connectivity index is 1.94. The Hall–Kier alpha value is -2.76. The van der Waals surface area contributed by atoms with Crippen LogP contribution in [0.5, 0.6) is 0 Å². The fourth-order valence-corrected chi connectivity index (χ4v) is 3.51. The summed E-state index contributed by atoms with van der Waals surface area (Å²) in [4.78, 5) is 12.4. The van der Waals surface area contributed by atoms with Gasteiger partial charge in [0.05, 0.1) is 36.9 Å². The topological polar surface area (TPSA) is 47.5 Å². The van der Waals surface area contributed by atoms with Crippen molar-refractivity contribution in [3.8, 4) is 22.5 Å². The lowest BCUT2D eigenvalue weighted by Gasteiger charge is -2.29. The summed E-state index contributed by atoms with van der Waals surface area (Å²) < 4.78 is 11.1. The third-order valence-corrected chi connectivity index (χ3v) is 5.09. The van der Waals surface area contributed by atoms with E-state index in [1.807, 2.05) is 50.2 Å². The normalized spacial score (nSPS) is 11.1. The van der Waals surface area contributed by atoms with Crippen LogP contribution in [0.25, 0.3) is 22.5 Å². The molecule has 5 heteroatoms. The number of nitrogens with zero attached hydrogens (tertiary/aromatic N) is 3. The Bertz CT molecular complexity index is 930. The molecule has 31 heavy (non-hydrogen) atoms. The highest BCUT2D eigenvalue weighted by Crippen LogP contribution is 2.32. The molecule has 0 amide bonds. The van der Waals surface area contributed by atoms with E-state index < -0.39 is 0 Å². The van der Waals surface area contributed by atoms with Crippen molar-refractivity contribution in [2.75, 3.05) is 37.9 Å². The van der Waals surface area contributed by atoms with Crippen LogP contribution in [0.2, 0.25) is 0 Å². The lowest BCUT2D eigenvalue weighted by molar-refractivity contribution is 0.0552. The van der Waals surface area contributed by atoms with Crippen molar-refractivity contribution in [2.45, 2.75) is 33.7 Å². The summed E-state index contributed by atoms with van der Waals surface area (Å²) in [6, 6.07) is 20.8. The summed E-state index contributed by atoms with van der Waals surface area (Å²) in [6.07, 6.45) is 0. The van der Waals surface area contributed by atoms with E-state index in [1.54, 1.807) is 0 Å². The molecule has 2 aromatic carbocycles. The number of anilines is 1. The Kier molecular flexibility index (Phi) is 8.56. The van der Waals surface area contributed by atoms with Crippen molar-refractivity contribution in [2.24, 2.45) is 0 Å². The van der Waals surface area contributed by atoms with Crippen LogP contribution >= 0.6 is 0 Å². The summed E-state index contributed by atoms with van der Waals surface area (Å²) in [7, 11) is 0. The van der Waals surface area contributed by atoms with Crippen LogP contribution in [0, 0.1) is 6.92 Å². The second kappa shape index (κ2) is 11.6. The molecule has 164 valence electrons. The fourth-order valence-electron chi connectivity index (χ4n) is 3.51. The third kappa shape index (κ3) is 6.12. The van der Waals surface area contributed by atoms with Gasteiger partial charge in [-0.05, 0) is 27.7 Å². The van der Waals surface area contributed by atoms with E-state index in [0.29, 0.717) is 26.4 Å². The molecule has 0 bridgehead atoms. The largest absolute Gasteiger partial charge is 0.379 e. The molecule has 0 aliphatic rings. The van der Waals surface area contributed by atoms with Gasteiger partial charge < -0.3 is 14.4 Å². The van der Waals surface area contributed by atoms with Gasteiger partial charge in [-0.1, -0.05) is 60.7 Å². The molecule has 1 aromatic heterocycles. The Morgan fingerprint density at radius 2 is 1.32 bits per heavy atom. The zero-order chi connectivity index (χ0) is 22.1. The first-order valence-electron chi connectivity index (χ1n) is 11.0. The summed E-state index contributed by atoms with van der Waals surface area (Å²) in [5.74, 6) is 0.905. The lowest BCUT2D eigenvalue weighted by atomic mass is 10.0. The van der Waals surface area contributed by atoms with Gasteiger partial charge in [-0.25, -0.2) is 9.97 Å². The van der Waals surface area contributed by atoms with E-state index in [0.717, 1.165) is 40.6 Å². The molecule has 0 saturated heterocycles. The zero-order valence-electron chi connectivity index (χ0n) is 19.0. The maximum Gasteiger partial charge on any atom is 0.151 e. The van der Waals surface area contributed by atoms with E-state index in [1.165, 1.54) is 0 Å². The average molecular weight is 420 g/mol. The van der Waals surface area contributed by atoms with E-state index >= 15 is 0 Å². The molecule has 0 fully saturated rings. The molecule has 0 saturated carbocycles. The number of aromatic nitrogens is 2. The smallest absolute Gasteiger partial charge is 0.151 e. The van der Waals surface area contributed by atoms with Crippen LogP contribution < -0.4 is 4.90 Å². The minimum absolute atomic E-state index is 0.273. The number of hydrogen-bond donors (Lipinski definition) is 0. The third-order valence-electron chi connectivity index (χ3n) is 5.09. The molecular weight excluding hydrogens is 386 g/mol. The highest BCUT2D eigenvalue weighted by molar-refractivity contribution is 5.79. The SMILES string of the molecule is CCOCCOCCN(c1nc(-c2ccccc2)c(-c2ccccc2)nc1C)C(C)C. The lowest BCUT2D eigenvalue weighted by Crippen LogP contribution is -2.35. The standard InChI is InChI=1S/C26H33N3O2/c1-5-30-18-19-31-17-16-29(20(2)3)26-21(4)27-24(22-12-8-6-9-13-22)25(28-26)23-14-10-7-11-15-23/h6-15,20H,5,16-19H2,1-4H3. The summed E-state index contributed by atoms with van der Waals surface area (Å²) in [6.45, 7) is 11.7. The second-order valence-electron chi connectivity index (χ2n) is 7.66. The molecule has 0 radical (unpaired) electrons. The number of rotatable bonds is 11. The van der Waals surface area contributed by atoms with Gasteiger partial charge in [-0.3, -0.25) is 0 Å². The predicted molar refractivity (Wildman–Crippen MR) is 127 cm³/mol. The quantitative estimate of drug-likeness (QED) is 0.390.